The van der Waals surface area contributed by atoms with Crippen LogP contribution in [-0.2, 0) is 4.74 Å². The molecule has 0 saturated heterocycles. The molecule has 0 atom stereocenters. The predicted octanol–water partition coefficient (Wildman–Crippen LogP) is 4.97. The molecule has 0 aromatic heterocycles. The van der Waals surface area contributed by atoms with Crippen molar-refractivity contribution in [2.24, 2.45) is 0 Å². The Morgan fingerprint density at radius 1 is 0.531 bits per heavy atom. The van der Waals surface area contributed by atoms with Gasteiger partial charge in [-0.3, -0.25) is 0 Å². The summed E-state index contributed by atoms with van der Waals surface area (Å²) in [4.78, 5) is 47.1. The number of rotatable bonds is 3. The van der Waals surface area contributed by atoms with Crippen molar-refractivity contribution >= 4 is 67.2 Å². The molecule has 0 aliphatic heterocycles. The summed E-state index contributed by atoms with van der Waals surface area (Å²) in [5, 5.41) is 32.5. The van der Waals surface area contributed by atoms with E-state index in [2.05, 4.69) is 4.74 Å². The van der Waals surface area contributed by atoms with E-state index in [1.54, 1.807) is 36.4 Å². The van der Waals surface area contributed by atoms with E-state index in [4.69, 9.17) is 5.11 Å². The van der Waals surface area contributed by atoms with Gasteiger partial charge in [0, 0.05) is 5.39 Å². The standard InChI is InChI=1S/C24H12O8/c25-21(26)15-7-4-12-14-5-8-16(22(27)28)20-17(23(29)32-24(30)31)9-6-13(19(14)20)10-2-1-3-11(15)18(10)12/h1-9H,(H,25,26)(H,27,28)(H,30,31). The summed E-state index contributed by atoms with van der Waals surface area (Å²) < 4.78 is 4.30. The highest BCUT2D eigenvalue weighted by Crippen LogP contribution is 2.43. The van der Waals surface area contributed by atoms with Crippen molar-refractivity contribution < 1.29 is 39.2 Å². The lowest BCUT2D eigenvalue weighted by molar-refractivity contribution is 0.0510. The first-order chi connectivity index (χ1) is 15.3. The molecule has 5 aromatic carbocycles. The minimum absolute atomic E-state index is 0.0590. The van der Waals surface area contributed by atoms with E-state index in [0.717, 1.165) is 0 Å². The van der Waals surface area contributed by atoms with E-state index < -0.39 is 24.1 Å². The van der Waals surface area contributed by atoms with E-state index in [-0.39, 0.29) is 22.1 Å². The Balaban J connectivity index is 2.05. The zero-order valence-electron chi connectivity index (χ0n) is 16.1. The van der Waals surface area contributed by atoms with E-state index in [1.807, 2.05) is 0 Å². The summed E-state index contributed by atoms with van der Waals surface area (Å²) in [6.45, 7) is 0. The summed E-state index contributed by atoms with van der Waals surface area (Å²) in [5.41, 5.74) is -0.238. The second-order valence-corrected chi connectivity index (χ2v) is 7.23. The number of esters is 1. The van der Waals surface area contributed by atoms with Gasteiger partial charge in [0.2, 0.25) is 0 Å². The highest BCUT2D eigenvalue weighted by molar-refractivity contribution is 6.36. The third-order valence-electron chi connectivity index (χ3n) is 5.64. The van der Waals surface area contributed by atoms with Crippen LogP contribution in [0.3, 0.4) is 0 Å². The van der Waals surface area contributed by atoms with Crippen molar-refractivity contribution in [3.8, 4) is 0 Å². The molecule has 0 fully saturated rings. The van der Waals surface area contributed by atoms with Crippen molar-refractivity contribution in [3.63, 3.8) is 0 Å². The Morgan fingerprint density at radius 3 is 1.62 bits per heavy atom. The third-order valence-corrected chi connectivity index (χ3v) is 5.64. The molecule has 5 aromatic rings. The fourth-order valence-corrected chi connectivity index (χ4v) is 4.47. The average Bonchev–Trinajstić information content (AvgIpc) is 2.75. The second kappa shape index (κ2) is 6.64. The second-order valence-electron chi connectivity index (χ2n) is 7.23. The number of carboxylic acids is 2. The lowest BCUT2D eigenvalue weighted by Crippen LogP contribution is -2.12. The first-order valence-corrected chi connectivity index (χ1v) is 9.37. The summed E-state index contributed by atoms with van der Waals surface area (Å²) >= 11 is 0. The average molecular weight is 428 g/mol. The van der Waals surface area contributed by atoms with Crippen LogP contribution in [0.25, 0.3) is 43.1 Å². The Labute approximate surface area is 178 Å². The van der Waals surface area contributed by atoms with Crippen LogP contribution in [0.5, 0.6) is 0 Å². The van der Waals surface area contributed by atoms with Gasteiger partial charge in [-0.05, 0) is 55.9 Å². The molecule has 5 rings (SSSR count). The first-order valence-electron chi connectivity index (χ1n) is 9.37. The lowest BCUT2D eigenvalue weighted by Gasteiger charge is -2.17. The van der Waals surface area contributed by atoms with Gasteiger partial charge >= 0.3 is 24.1 Å². The highest BCUT2D eigenvalue weighted by Gasteiger charge is 2.24. The van der Waals surface area contributed by atoms with Gasteiger partial charge in [-0.1, -0.05) is 36.4 Å². The van der Waals surface area contributed by atoms with Crippen LogP contribution < -0.4 is 0 Å². The van der Waals surface area contributed by atoms with Crippen LogP contribution in [-0.4, -0.2) is 39.4 Å². The van der Waals surface area contributed by atoms with Crippen molar-refractivity contribution in [2.45, 2.75) is 0 Å². The Morgan fingerprint density at radius 2 is 1.03 bits per heavy atom. The van der Waals surface area contributed by atoms with Crippen molar-refractivity contribution in [1.29, 1.82) is 0 Å². The molecule has 0 heterocycles. The number of carbonyl (C=O) groups excluding carboxylic acids is 1. The topological polar surface area (TPSA) is 138 Å². The number of hydrogen-bond acceptors (Lipinski definition) is 5. The monoisotopic (exact) mass is 428 g/mol. The Hall–Kier alpha value is -4.72. The molecule has 0 saturated carbocycles. The molecule has 3 N–H and O–H groups in total. The van der Waals surface area contributed by atoms with Gasteiger partial charge in [-0.15, -0.1) is 0 Å². The fraction of sp³-hybridized carbons (Fsp3) is 0. The molecule has 0 amide bonds. The van der Waals surface area contributed by atoms with Gasteiger partial charge in [0.25, 0.3) is 0 Å². The van der Waals surface area contributed by atoms with E-state index in [9.17, 15) is 29.4 Å². The number of carbonyl (C=O) groups is 4. The molecular formula is C24H12O8. The van der Waals surface area contributed by atoms with E-state index >= 15 is 0 Å². The number of fused-ring (bicyclic) bond motifs is 2. The minimum atomic E-state index is -1.80. The van der Waals surface area contributed by atoms with Gasteiger partial charge in [-0.2, -0.15) is 0 Å². The van der Waals surface area contributed by atoms with Crippen molar-refractivity contribution in [3.05, 3.63) is 71.3 Å². The number of benzene rings is 5. The third kappa shape index (κ3) is 2.56. The zero-order valence-corrected chi connectivity index (χ0v) is 16.1. The minimum Gasteiger partial charge on any atom is -0.478 e. The smallest absolute Gasteiger partial charge is 0.478 e. The molecule has 8 nitrogen and oxygen atoms in total. The molecule has 0 aliphatic rings. The van der Waals surface area contributed by atoms with Crippen LogP contribution in [0.2, 0.25) is 0 Å². The number of hydrogen-bond donors (Lipinski definition) is 3. The predicted molar refractivity (Wildman–Crippen MR) is 115 cm³/mol. The highest BCUT2D eigenvalue weighted by atomic mass is 16.7. The zero-order chi connectivity index (χ0) is 22.7. The number of aromatic carboxylic acids is 2. The van der Waals surface area contributed by atoms with E-state index in [0.29, 0.717) is 37.7 Å². The Kier molecular flexibility index (Phi) is 4.00. The molecule has 32 heavy (non-hydrogen) atoms. The maximum absolute atomic E-state index is 12.5. The lowest BCUT2D eigenvalue weighted by atomic mass is 9.85. The molecule has 0 bridgehead atoms. The molecule has 156 valence electrons. The fourth-order valence-electron chi connectivity index (χ4n) is 4.47. The summed E-state index contributed by atoms with van der Waals surface area (Å²) in [6, 6.07) is 14.2. The molecule has 0 spiro atoms. The van der Waals surface area contributed by atoms with Crippen molar-refractivity contribution in [2.75, 3.05) is 0 Å². The molecular weight excluding hydrogens is 416 g/mol. The van der Waals surface area contributed by atoms with Gasteiger partial charge in [0.1, 0.15) is 0 Å². The van der Waals surface area contributed by atoms with Gasteiger partial charge < -0.3 is 20.1 Å². The molecule has 8 heteroatoms. The Bertz CT molecular complexity index is 1630. The van der Waals surface area contributed by atoms with Crippen LogP contribution in [0.1, 0.15) is 31.1 Å². The maximum Gasteiger partial charge on any atom is 0.513 e. The summed E-state index contributed by atoms with van der Waals surface area (Å²) in [6.07, 6.45) is -1.80. The van der Waals surface area contributed by atoms with Gasteiger partial charge in [-0.25, -0.2) is 19.2 Å². The van der Waals surface area contributed by atoms with Gasteiger partial charge in [0.05, 0.1) is 16.7 Å². The molecule has 0 radical (unpaired) electrons. The van der Waals surface area contributed by atoms with Crippen molar-refractivity contribution in [1.82, 2.24) is 0 Å². The van der Waals surface area contributed by atoms with Gasteiger partial charge in [0.15, 0.2) is 0 Å². The largest absolute Gasteiger partial charge is 0.513 e. The van der Waals surface area contributed by atoms with E-state index in [1.165, 1.54) is 18.2 Å². The summed E-state index contributed by atoms with van der Waals surface area (Å²) in [7, 11) is 0. The number of carboxylic acid groups (broad SMARTS) is 3. The molecule has 0 aliphatic carbocycles. The summed E-state index contributed by atoms with van der Waals surface area (Å²) in [5.74, 6) is -3.55. The van der Waals surface area contributed by atoms with Crippen LogP contribution in [0.4, 0.5) is 4.79 Å². The van der Waals surface area contributed by atoms with Crippen LogP contribution in [0, 0.1) is 0 Å². The van der Waals surface area contributed by atoms with Crippen LogP contribution in [0.15, 0.2) is 54.6 Å². The SMILES string of the molecule is O=C(O)OC(=O)c1ccc2c3cccc4c(C(=O)O)ccc(c5ccc(C(=O)O)c1c52)c43. The van der Waals surface area contributed by atoms with Crippen LogP contribution >= 0.6 is 0 Å². The number of ether oxygens (including phenoxy) is 1. The molecule has 0 unspecified atom stereocenters. The normalized spacial score (nSPS) is 11.4. The first kappa shape index (κ1) is 19.3. The quantitative estimate of drug-likeness (QED) is 0.158. The maximum atomic E-state index is 12.5.